The molecule has 0 aliphatic carbocycles. The number of hydrogen-bond acceptors (Lipinski definition) is 2. The van der Waals surface area contributed by atoms with E-state index in [4.69, 9.17) is 0 Å². The van der Waals surface area contributed by atoms with E-state index in [1.54, 1.807) is 6.07 Å². The maximum Gasteiger partial charge on any atom is 0.137 e. The van der Waals surface area contributed by atoms with Gasteiger partial charge in [-0.15, -0.1) is 0 Å². The highest BCUT2D eigenvalue weighted by atomic mass is 79.9. The highest BCUT2D eigenvalue weighted by Gasteiger charge is 2.34. The lowest BCUT2D eigenvalue weighted by atomic mass is 9.83. The molecule has 0 bridgehead atoms. The summed E-state index contributed by atoms with van der Waals surface area (Å²) in [7, 11) is 0. The zero-order valence-electron chi connectivity index (χ0n) is 12.7. The highest BCUT2D eigenvalue weighted by molar-refractivity contribution is 9.10. The Morgan fingerprint density at radius 1 is 1.40 bits per heavy atom. The molecule has 4 heteroatoms. The van der Waals surface area contributed by atoms with E-state index >= 15 is 0 Å². The van der Waals surface area contributed by atoms with Crippen molar-refractivity contribution in [3.63, 3.8) is 0 Å². The summed E-state index contributed by atoms with van der Waals surface area (Å²) >= 11 is 3.38. The molecule has 1 fully saturated rings. The Hall–Kier alpha value is -0.450. The molecule has 0 amide bonds. The normalized spacial score (nSPS) is 24.9. The van der Waals surface area contributed by atoms with Gasteiger partial charge >= 0.3 is 0 Å². The van der Waals surface area contributed by atoms with Crippen LogP contribution in [0, 0.1) is 11.2 Å². The number of hydrogen-bond donors (Lipinski definition) is 1. The Morgan fingerprint density at radius 3 is 2.75 bits per heavy atom. The van der Waals surface area contributed by atoms with Gasteiger partial charge in [-0.3, -0.25) is 4.90 Å². The molecule has 2 rings (SSSR count). The molecule has 1 aromatic carbocycles. The van der Waals surface area contributed by atoms with Crippen molar-refractivity contribution in [1.29, 1.82) is 0 Å². The Kier molecular flexibility index (Phi) is 4.88. The Balaban J connectivity index is 2.21. The van der Waals surface area contributed by atoms with Gasteiger partial charge in [-0.1, -0.05) is 32.9 Å². The van der Waals surface area contributed by atoms with Crippen molar-refractivity contribution >= 4 is 15.9 Å². The van der Waals surface area contributed by atoms with Crippen LogP contribution in [0.3, 0.4) is 0 Å². The van der Waals surface area contributed by atoms with Crippen LogP contribution in [-0.4, -0.2) is 30.1 Å². The lowest BCUT2D eigenvalue weighted by Gasteiger charge is -2.46. The van der Waals surface area contributed by atoms with Crippen LogP contribution in [-0.2, 0) is 6.54 Å². The van der Waals surface area contributed by atoms with Gasteiger partial charge in [0.05, 0.1) is 4.47 Å². The molecule has 0 radical (unpaired) electrons. The van der Waals surface area contributed by atoms with Crippen molar-refractivity contribution in [1.82, 2.24) is 10.2 Å². The average molecular weight is 343 g/mol. The van der Waals surface area contributed by atoms with Crippen LogP contribution in [0.4, 0.5) is 4.39 Å². The smallest absolute Gasteiger partial charge is 0.137 e. The Morgan fingerprint density at radius 2 is 2.10 bits per heavy atom. The van der Waals surface area contributed by atoms with Crippen LogP contribution in [0.15, 0.2) is 22.7 Å². The van der Waals surface area contributed by atoms with E-state index in [-0.39, 0.29) is 11.2 Å². The van der Waals surface area contributed by atoms with Crippen LogP contribution in [0.5, 0.6) is 0 Å². The van der Waals surface area contributed by atoms with Crippen LogP contribution in [0.25, 0.3) is 0 Å². The van der Waals surface area contributed by atoms with E-state index in [2.05, 4.69) is 53.8 Å². The van der Waals surface area contributed by atoms with Gasteiger partial charge in [0.1, 0.15) is 5.82 Å². The van der Waals surface area contributed by atoms with Crippen LogP contribution in [0.1, 0.15) is 33.3 Å². The third-order valence-electron chi connectivity index (χ3n) is 4.01. The first kappa shape index (κ1) is 15.9. The summed E-state index contributed by atoms with van der Waals surface area (Å²) in [5.74, 6) is -0.182. The van der Waals surface area contributed by atoms with E-state index < -0.39 is 0 Å². The van der Waals surface area contributed by atoms with Gasteiger partial charge in [-0.2, -0.15) is 0 Å². The second-order valence-corrected chi connectivity index (χ2v) is 7.63. The van der Waals surface area contributed by atoms with E-state index in [9.17, 15) is 4.39 Å². The predicted octanol–water partition coefficient (Wildman–Crippen LogP) is 3.80. The second kappa shape index (κ2) is 6.12. The van der Waals surface area contributed by atoms with Gasteiger partial charge in [0.15, 0.2) is 0 Å². The molecule has 0 saturated carbocycles. The van der Waals surface area contributed by atoms with Gasteiger partial charge in [-0.25, -0.2) is 4.39 Å². The first-order chi connectivity index (χ1) is 9.29. The van der Waals surface area contributed by atoms with Crippen molar-refractivity contribution < 1.29 is 4.39 Å². The number of piperazine rings is 1. The number of nitrogens with zero attached hydrogens (tertiary/aromatic N) is 1. The summed E-state index contributed by atoms with van der Waals surface area (Å²) in [5.41, 5.74) is 1.22. The molecule has 2 unspecified atom stereocenters. The van der Waals surface area contributed by atoms with Crippen LogP contribution in [0.2, 0.25) is 0 Å². The van der Waals surface area contributed by atoms with Gasteiger partial charge < -0.3 is 5.32 Å². The quantitative estimate of drug-likeness (QED) is 0.879. The molecule has 0 spiro atoms. The number of rotatable bonds is 2. The summed E-state index contributed by atoms with van der Waals surface area (Å²) in [6.45, 7) is 11.8. The third kappa shape index (κ3) is 3.60. The zero-order chi connectivity index (χ0) is 14.9. The van der Waals surface area contributed by atoms with E-state index in [1.165, 1.54) is 6.07 Å². The van der Waals surface area contributed by atoms with E-state index in [0.29, 0.717) is 16.6 Å². The van der Waals surface area contributed by atoms with Crippen LogP contribution < -0.4 is 5.32 Å². The molecule has 1 N–H and O–H groups in total. The minimum atomic E-state index is -0.182. The molecule has 20 heavy (non-hydrogen) atoms. The highest BCUT2D eigenvalue weighted by Crippen LogP contribution is 2.29. The molecular weight excluding hydrogens is 319 g/mol. The SMILES string of the molecule is CC1CN(Cc2cccc(F)c2Br)C(C(C)(C)C)CN1. The molecule has 2 nitrogen and oxygen atoms in total. The molecule has 0 aromatic heterocycles. The molecule has 2 atom stereocenters. The third-order valence-corrected chi connectivity index (χ3v) is 4.90. The van der Waals surface area contributed by atoms with Gasteiger partial charge in [0.2, 0.25) is 0 Å². The lowest BCUT2D eigenvalue weighted by Crippen LogP contribution is -2.59. The minimum absolute atomic E-state index is 0.182. The number of nitrogens with one attached hydrogen (secondary N) is 1. The van der Waals surface area contributed by atoms with E-state index in [1.807, 2.05) is 6.07 Å². The maximum atomic E-state index is 13.7. The molecule has 1 aliphatic rings. The van der Waals surface area contributed by atoms with E-state index in [0.717, 1.165) is 25.2 Å². The monoisotopic (exact) mass is 342 g/mol. The fourth-order valence-electron chi connectivity index (χ4n) is 2.90. The summed E-state index contributed by atoms with van der Waals surface area (Å²) in [4.78, 5) is 2.47. The lowest BCUT2D eigenvalue weighted by molar-refractivity contribution is 0.0524. The molecule has 1 aliphatic heterocycles. The Labute approximate surface area is 129 Å². The zero-order valence-corrected chi connectivity index (χ0v) is 14.3. The predicted molar refractivity (Wildman–Crippen MR) is 85.2 cm³/mol. The maximum absolute atomic E-state index is 13.7. The Bertz CT molecular complexity index is 470. The minimum Gasteiger partial charge on any atom is -0.311 e. The first-order valence-electron chi connectivity index (χ1n) is 7.19. The van der Waals surface area contributed by atoms with Gasteiger partial charge in [0.25, 0.3) is 0 Å². The molecular formula is C16H24BrFN2. The summed E-state index contributed by atoms with van der Waals surface area (Å²) in [5, 5.41) is 3.55. The van der Waals surface area contributed by atoms with Crippen molar-refractivity contribution in [2.75, 3.05) is 13.1 Å². The number of halogens is 2. The summed E-state index contributed by atoms with van der Waals surface area (Å²) in [6.07, 6.45) is 0. The largest absolute Gasteiger partial charge is 0.311 e. The van der Waals surface area contributed by atoms with Gasteiger partial charge in [0, 0.05) is 31.7 Å². The van der Waals surface area contributed by atoms with Crippen molar-refractivity contribution in [2.45, 2.75) is 46.3 Å². The fraction of sp³-hybridized carbons (Fsp3) is 0.625. The second-order valence-electron chi connectivity index (χ2n) is 6.83. The molecule has 1 heterocycles. The molecule has 112 valence electrons. The van der Waals surface area contributed by atoms with Crippen molar-refractivity contribution in [3.05, 3.63) is 34.1 Å². The standard InChI is InChI=1S/C16H24BrFN2/c1-11-9-20(14(8-19-11)16(2,3)4)10-12-6-5-7-13(18)15(12)17/h5-7,11,14,19H,8-10H2,1-4H3. The molecule has 1 saturated heterocycles. The van der Waals surface area contributed by atoms with Crippen LogP contribution >= 0.6 is 15.9 Å². The summed E-state index contributed by atoms with van der Waals surface area (Å²) in [6, 6.07) is 6.21. The molecule has 1 aromatic rings. The van der Waals surface area contributed by atoms with Crippen molar-refractivity contribution in [2.24, 2.45) is 5.41 Å². The van der Waals surface area contributed by atoms with Crippen molar-refractivity contribution in [3.8, 4) is 0 Å². The topological polar surface area (TPSA) is 15.3 Å². The van der Waals surface area contributed by atoms with Gasteiger partial charge in [-0.05, 0) is 39.9 Å². The summed E-state index contributed by atoms with van der Waals surface area (Å²) < 4.78 is 14.3. The number of benzene rings is 1. The first-order valence-corrected chi connectivity index (χ1v) is 7.98. The fourth-order valence-corrected chi connectivity index (χ4v) is 3.29. The average Bonchev–Trinajstić information content (AvgIpc) is 2.33.